The predicted molar refractivity (Wildman–Crippen MR) is 86.7 cm³/mol. The first-order chi connectivity index (χ1) is 9.73. The summed E-state index contributed by atoms with van der Waals surface area (Å²) in [6, 6.07) is 3.12. The third kappa shape index (κ3) is 3.37. The van der Waals surface area contributed by atoms with E-state index in [1.807, 2.05) is 18.4 Å². The van der Waals surface area contributed by atoms with Crippen molar-refractivity contribution in [3.05, 3.63) is 36.6 Å². The van der Waals surface area contributed by atoms with Crippen molar-refractivity contribution in [2.45, 2.75) is 18.4 Å². The van der Waals surface area contributed by atoms with Gasteiger partial charge in [0, 0.05) is 18.5 Å². The van der Waals surface area contributed by atoms with Gasteiger partial charge in [0.25, 0.3) is 0 Å². The van der Waals surface area contributed by atoms with Gasteiger partial charge in [0.2, 0.25) is 10.0 Å². The Hall–Kier alpha value is -0.740. The van der Waals surface area contributed by atoms with Crippen molar-refractivity contribution in [2.24, 2.45) is 0 Å². The van der Waals surface area contributed by atoms with Crippen LogP contribution in [0, 0.1) is 6.92 Å². The molecule has 0 aliphatic carbocycles. The Morgan fingerprint density at radius 2 is 2.14 bits per heavy atom. The van der Waals surface area contributed by atoms with Crippen molar-refractivity contribution in [1.29, 1.82) is 0 Å². The highest BCUT2D eigenvalue weighted by Crippen LogP contribution is 2.34. The van der Waals surface area contributed by atoms with Crippen LogP contribution in [0.3, 0.4) is 0 Å². The van der Waals surface area contributed by atoms with Gasteiger partial charge in [-0.2, -0.15) is 4.31 Å². The van der Waals surface area contributed by atoms with Crippen molar-refractivity contribution >= 4 is 54.6 Å². The van der Waals surface area contributed by atoms with E-state index in [1.54, 1.807) is 0 Å². The van der Waals surface area contributed by atoms with Gasteiger partial charge in [0.1, 0.15) is 9.77 Å². The average molecular weight is 410 g/mol. The summed E-state index contributed by atoms with van der Waals surface area (Å²) >= 11 is 5.52. The van der Waals surface area contributed by atoms with Crippen LogP contribution in [0.1, 0.15) is 20.1 Å². The summed E-state index contributed by atoms with van der Waals surface area (Å²) in [5, 5.41) is 10.9. The Morgan fingerprint density at radius 3 is 2.62 bits per heavy atom. The van der Waals surface area contributed by atoms with Crippen LogP contribution >= 0.6 is 38.6 Å². The molecule has 0 unspecified atom stereocenters. The van der Waals surface area contributed by atoms with Crippen LogP contribution in [0.15, 0.2) is 26.2 Å². The fraction of sp³-hybridized carbons (Fsp3) is 0.250. The van der Waals surface area contributed by atoms with E-state index in [0.717, 1.165) is 21.8 Å². The molecule has 0 spiro atoms. The van der Waals surface area contributed by atoms with Gasteiger partial charge < -0.3 is 5.11 Å². The van der Waals surface area contributed by atoms with Crippen LogP contribution in [-0.4, -0.2) is 30.8 Å². The number of nitrogens with zero attached hydrogens (tertiary/aromatic N) is 1. The Morgan fingerprint density at radius 1 is 1.48 bits per heavy atom. The zero-order valence-electron chi connectivity index (χ0n) is 11.2. The fourth-order valence-corrected chi connectivity index (χ4v) is 6.18. The van der Waals surface area contributed by atoms with Crippen molar-refractivity contribution in [3.63, 3.8) is 0 Å². The smallest absolute Gasteiger partial charge is 0.345 e. The quantitative estimate of drug-likeness (QED) is 0.820. The Kier molecular flexibility index (Phi) is 4.89. The molecule has 5 nitrogen and oxygen atoms in total. The first kappa shape index (κ1) is 16.6. The molecule has 0 atom stereocenters. The van der Waals surface area contributed by atoms with Crippen LogP contribution < -0.4 is 0 Å². The van der Waals surface area contributed by atoms with E-state index in [2.05, 4.69) is 15.9 Å². The minimum Gasteiger partial charge on any atom is -0.477 e. The lowest BCUT2D eigenvalue weighted by Crippen LogP contribution is -2.26. The minimum atomic E-state index is -3.73. The summed E-state index contributed by atoms with van der Waals surface area (Å²) in [6.07, 6.45) is 0. The number of sulfonamides is 1. The molecular formula is C12H12BrNO4S3. The summed E-state index contributed by atoms with van der Waals surface area (Å²) in [5.74, 6) is -1.14. The highest BCUT2D eigenvalue weighted by Gasteiger charge is 2.27. The number of carboxylic acids is 1. The third-order valence-electron chi connectivity index (χ3n) is 2.89. The van der Waals surface area contributed by atoms with Gasteiger partial charge in [-0.15, -0.1) is 22.7 Å². The van der Waals surface area contributed by atoms with E-state index < -0.39 is 16.0 Å². The molecule has 2 aromatic heterocycles. The predicted octanol–water partition coefficient (Wildman–Crippen LogP) is 3.40. The molecule has 0 saturated carbocycles. The molecule has 1 N–H and O–H groups in total. The summed E-state index contributed by atoms with van der Waals surface area (Å²) < 4.78 is 26.6. The zero-order chi connectivity index (χ0) is 15.8. The second-order valence-electron chi connectivity index (χ2n) is 4.34. The van der Waals surface area contributed by atoms with E-state index in [0.29, 0.717) is 3.79 Å². The number of hydrogen-bond donors (Lipinski definition) is 1. The van der Waals surface area contributed by atoms with E-state index in [1.165, 1.54) is 28.8 Å². The monoisotopic (exact) mass is 409 g/mol. The van der Waals surface area contributed by atoms with Crippen LogP contribution in [0.25, 0.3) is 0 Å². The maximum absolute atomic E-state index is 12.5. The molecule has 0 bridgehead atoms. The molecule has 0 aliphatic rings. The number of thiophene rings is 2. The van der Waals surface area contributed by atoms with Gasteiger partial charge in [0.05, 0.1) is 3.79 Å². The largest absolute Gasteiger partial charge is 0.477 e. The Bertz CT molecular complexity index is 778. The minimum absolute atomic E-state index is 0.0124. The number of hydrogen-bond acceptors (Lipinski definition) is 5. The third-order valence-corrected chi connectivity index (χ3v) is 7.94. The molecule has 0 aromatic carbocycles. The zero-order valence-corrected chi connectivity index (χ0v) is 15.2. The standard InChI is InChI=1S/C12H12BrNO4S3/c1-7-3-4-19-9(7)6-14(2)21(17,18)10-5-8(12(15)16)20-11(10)13/h3-5H,6H2,1-2H3,(H,15,16). The highest BCUT2D eigenvalue weighted by atomic mass is 79.9. The molecule has 21 heavy (non-hydrogen) atoms. The first-order valence-corrected chi connectivity index (χ1v) is 9.68. The summed E-state index contributed by atoms with van der Waals surface area (Å²) in [6.45, 7) is 2.19. The normalized spacial score (nSPS) is 12.0. The molecule has 0 aliphatic heterocycles. The number of halogens is 1. The first-order valence-electron chi connectivity index (χ1n) is 5.75. The van der Waals surface area contributed by atoms with E-state index in [4.69, 9.17) is 5.11 Å². The van der Waals surface area contributed by atoms with Crippen LogP contribution in [0.2, 0.25) is 0 Å². The van der Waals surface area contributed by atoms with Crippen molar-refractivity contribution in [3.8, 4) is 0 Å². The maximum Gasteiger partial charge on any atom is 0.345 e. The van der Waals surface area contributed by atoms with E-state index >= 15 is 0 Å². The van der Waals surface area contributed by atoms with Crippen LogP contribution in [-0.2, 0) is 16.6 Å². The molecule has 9 heteroatoms. The summed E-state index contributed by atoms with van der Waals surface area (Å²) in [5.41, 5.74) is 1.04. The maximum atomic E-state index is 12.5. The lowest BCUT2D eigenvalue weighted by atomic mass is 10.3. The van der Waals surface area contributed by atoms with Gasteiger partial charge in [-0.1, -0.05) is 0 Å². The van der Waals surface area contributed by atoms with E-state index in [-0.39, 0.29) is 16.3 Å². The average Bonchev–Trinajstić information content (AvgIpc) is 2.96. The van der Waals surface area contributed by atoms with Crippen molar-refractivity contribution in [2.75, 3.05) is 7.05 Å². The highest BCUT2D eigenvalue weighted by molar-refractivity contribution is 9.11. The number of carbonyl (C=O) groups is 1. The van der Waals surface area contributed by atoms with Crippen LogP contribution in [0.4, 0.5) is 0 Å². The Labute approximate surface area is 139 Å². The van der Waals surface area contributed by atoms with Crippen molar-refractivity contribution < 1.29 is 18.3 Å². The molecule has 0 fully saturated rings. The van der Waals surface area contributed by atoms with Gasteiger partial charge >= 0.3 is 5.97 Å². The van der Waals surface area contributed by atoms with Crippen molar-refractivity contribution in [1.82, 2.24) is 4.31 Å². The number of rotatable bonds is 5. The van der Waals surface area contributed by atoms with Crippen LogP contribution in [0.5, 0.6) is 0 Å². The molecule has 2 rings (SSSR count). The number of carboxylic acid groups (broad SMARTS) is 1. The molecule has 0 amide bonds. The lowest BCUT2D eigenvalue weighted by molar-refractivity contribution is 0.0702. The topological polar surface area (TPSA) is 74.7 Å². The second kappa shape index (κ2) is 6.17. The Balaban J connectivity index is 2.33. The number of aryl methyl sites for hydroxylation is 1. The van der Waals surface area contributed by atoms with Gasteiger partial charge in [0.15, 0.2) is 0 Å². The lowest BCUT2D eigenvalue weighted by Gasteiger charge is -2.16. The second-order valence-corrected chi connectivity index (χ2v) is 9.73. The van der Waals surface area contributed by atoms with Gasteiger partial charge in [-0.05, 0) is 45.9 Å². The molecular weight excluding hydrogens is 398 g/mol. The number of aromatic carboxylic acids is 1. The van der Waals surface area contributed by atoms with Gasteiger partial charge in [-0.25, -0.2) is 13.2 Å². The summed E-state index contributed by atoms with van der Waals surface area (Å²) in [4.78, 5) is 11.9. The van der Waals surface area contributed by atoms with Gasteiger partial charge in [-0.3, -0.25) is 0 Å². The molecule has 2 aromatic rings. The summed E-state index contributed by atoms with van der Waals surface area (Å²) in [7, 11) is -2.25. The molecule has 2 heterocycles. The SMILES string of the molecule is Cc1ccsc1CN(C)S(=O)(=O)c1cc(C(=O)O)sc1Br. The van der Waals surface area contributed by atoms with E-state index in [9.17, 15) is 13.2 Å². The molecule has 0 saturated heterocycles. The fourth-order valence-electron chi connectivity index (χ4n) is 1.65. The molecule has 114 valence electrons. The molecule has 0 radical (unpaired) electrons.